The summed E-state index contributed by atoms with van der Waals surface area (Å²) >= 11 is 0. The number of amides is 1. The molecule has 0 unspecified atom stereocenters. The molecule has 6 nitrogen and oxygen atoms in total. The summed E-state index contributed by atoms with van der Waals surface area (Å²) in [6, 6.07) is 16.8. The smallest absolute Gasteiger partial charge is 0.410 e. The molecule has 1 fully saturated rings. The van der Waals surface area contributed by atoms with Gasteiger partial charge in [0.15, 0.2) is 5.78 Å². The number of Topliss-reactive ketones (excluding diaryl/α,β-unsaturated/α-hetero) is 1. The number of benzene rings is 2. The quantitative estimate of drug-likeness (QED) is 0.679. The minimum atomic E-state index is -0.503. The predicted octanol–water partition coefficient (Wildman–Crippen LogP) is 4.31. The van der Waals surface area contributed by atoms with Gasteiger partial charge in [-0.1, -0.05) is 42.5 Å². The highest BCUT2D eigenvalue weighted by Crippen LogP contribution is 2.25. The lowest BCUT2D eigenvalue weighted by atomic mass is 9.99. The monoisotopic (exact) mass is 392 g/mol. The van der Waals surface area contributed by atoms with Gasteiger partial charge in [-0.05, 0) is 37.0 Å². The van der Waals surface area contributed by atoms with E-state index in [1.54, 1.807) is 11.1 Å². The van der Waals surface area contributed by atoms with Crippen molar-refractivity contribution in [1.82, 2.24) is 9.88 Å². The summed E-state index contributed by atoms with van der Waals surface area (Å²) in [5.41, 5.74) is 1.88. The number of ketones is 1. The number of H-pyrrole nitrogens is 1. The fourth-order valence-corrected chi connectivity index (χ4v) is 3.70. The van der Waals surface area contributed by atoms with Crippen LogP contribution in [0.2, 0.25) is 0 Å². The first-order valence-corrected chi connectivity index (χ1v) is 9.91. The van der Waals surface area contributed by atoms with E-state index in [0.29, 0.717) is 18.7 Å². The second-order valence-corrected chi connectivity index (χ2v) is 7.20. The van der Waals surface area contributed by atoms with Crippen LogP contribution in [0, 0.1) is 0 Å². The number of carbonyl (C=O) groups excluding carboxylic acids is 2. The highest BCUT2D eigenvalue weighted by Gasteiger charge is 2.33. The Bertz CT molecular complexity index is 983. The highest BCUT2D eigenvalue weighted by atomic mass is 16.6. The Labute approximate surface area is 169 Å². The molecule has 4 rings (SSSR count). The van der Waals surface area contributed by atoms with Crippen LogP contribution >= 0.6 is 0 Å². The summed E-state index contributed by atoms with van der Waals surface area (Å²) in [4.78, 5) is 30.1. The lowest BCUT2D eigenvalue weighted by Gasteiger charge is -2.33. The fourth-order valence-electron chi connectivity index (χ4n) is 3.70. The summed E-state index contributed by atoms with van der Waals surface area (Å²) in [6.07, 6.45) is 3.72. The maximum absolute atomic E-state index is 12.8. The fraction of sp³-hybridized carbons (Fsp3) is 0.304. The molecule has 1 aromatic heterocycles. The van der Waals surface area contributed by atoms with Crippen molar-refractivity contribution in [3.63, 3.8) is 0 Å². The Kier molecular flexibility index (Phi) is 5.79. The van der Waals surface area contributed by atoms with E-state index in [2.05, 4.69) is 4.98 Å². The summed E-state index contributed by atoms with van der Waals surface area (Å²) < 4.78 is 11.2. The van der Waals surface area contributed by atoms with Crippen molar-refractivity contribution in [3.05, 3.63) is 66.4 Å². The molecular weight excluding hydrogens is 368 g/mol. The average molecular weight is 392 g/mol. The molecule has 0 aliphatic carbocycles. The van der Waals surface area contributed by atoms with Gasteiger partial charge < -0.3 is 14.5 Å². The van der Waals surface area contributed by atoms with Gasteiger partial charge in [0.25, 0.3) is 0 Å². The first-order chi connectivity index (χ1) is 14.2. The lowest BCUT2D eigenvalue weighted by molar-refractivity contribution is -0.127. The molecule has 1 aliphatic rings. The maximum Gasteiger partial charge on any atom is 0.410 e. The number of aromatic amines is 1. The molecule has 29 heavy (non-hydrogen) atoms. The van der Waals surface area contributed by atoms with Crippen molar-refractivity contribution in [3.8, 4) is 5.75 Å². The number of likely N-dealkylation sites (tertiary alicyclic amines) is 1. The van der Waals surface area contributed by atoms with Crippen molar-refractivity contribution in [2.24, 2.45) is 0 Å². The van der Waals surface area contributed by atoms with E-state index >= 15 is 0 Å². The predicted molar refractivity (Wildman–Crippen MR) is 110 cm³/mol. The van der Waals surface area contributed by atoms with Crippen LogP contribution in [0.25, 0.3) is 10.9 Å². The van der Waals surface area contributed by atoms with Gasteiger partial charge in [-0.3, -0.25) is 9.69 Å². The number of fused-ring (bicyclic) bond motifs is 1. The first-order valence-electron chi connectivity index (χ1n) is 9.91. The van der Waals surface area contributed by atoms with Crippen molar-refractivity contribution < 1.29 is 19.1 Å². The molecule has 1 saturated heterocycles. The van der Waals surface area contributed by atoms with E-state index < -0.39 is 12.1 Å². The molecule has 1 aliphatic heterocycles. The number of aromatic nitrogens is 1. The summed E-state index contributed by atoms with van der Waals surface area (Å²) in [5.74, 6) is 0.537. The third kappa shape index (κ3) is 4.42. The lowest BCUT2D eigenvalue weighted by Crippen LogP contribution is -2.49. The molecule has 2 heterocycles. The Morgan fingerprint density at radius 2 is 1.83 bits per heavy atom. The molecule has 2 aromatic carbocycles. The molecule has 0 saturated carbocycles. The van der Waals surface area contributed by atoms with Crippen LogP contribution in [0.1, 0.15) is 24.8 Å². The highest BCUT2D eigenvalue weighted by molar-refractivity contribution is 5.90. The van der Waals surface area contributed by atoms with Crippen LogP contribution in [0.15, 0.2) is 60.8 Å². The first kappa shape index (κ1) is 19.1. The van der Waals surface area contributed by atoms with Gasteiger partial charge in [-0.15, -0.1) is 0 Å². The molecule has 1 amide bonds. The number of para-hydroxylation sites is 1. The van der Waals surface area contributed by atoms with E-state index in [9.17, 15) is 9.59 Å². The summed E-state index contributed by atoms with van der Waals surface area (Å²) in [5, 5.41) is 0.933. The molecule has 0 radical (unpaired) electrons. The Morgan fingerprint density at radius 1 is 1.03 bits per heavy atom. The third-order valence-electron chi connectivity index (χ3n) is 5.24. The van der Waals surface area contributed by atoms with Gasteiger partial charge in [0, 0.05) is 23.6 Å². The van der Waals surface area contributed by atoms with E-state index in [-0.39, 0.29) is 19.0 Å². The minimum Gasteiger partial charge on any atom is -0.484 e. The number of nitrogens with zero attached hydrogens (tertiary/aromatic N) is 1. The van der Waals surface area contributed by atoms with Gasteiger partial charge in [-0.2, -0.15) is 0 Å². The van der Waals surface area contributed by atoms with Crippen molar-refractivity contribution >= 4 is 22.8 Å². The zero-order chi connectivity index (χ0) is 20.1. The number of hydrogen-bond acceptors (Lipinski definition) is 4. The van der Waals surface area contributed by atoms with Crippen LogP contribution in [0.4, 0.5) is 4.79 Å². The number of carbonyl (C=O) groups is 2. The topological polar surface area (TPSA) is 71.6 Å². The normalized spacial score (nSPS) is 16.6. The van der Waals surface area contributed by atoms with Crippen LogP contribution in [0.5, 0.6) is 5.75 Å². The Balaban J connectivity index is 1.37. The average Bonchev–Trinajstić information content (AvgIpc) is 3.19. The number of rotatable bonds is 6. The van der Waals surface area contributed by atoms with Gasteiger partial charge >= 0.3 is 6.09 Å². The van der Waals surface area contributed by atoms with Crippen molar-refractivity contribution in [2.45, 2.75) is 31.9 Å². The van der Waals surface area contributed by atoms with E-state index in [1.807, 2.05) is 54.6 Å². The molecule has 1 atom stereocenters. The number of hydrogen-bond donors (Lipinski definition) is 1. The zero-order valence-electron chi connectivity index (χ0n) is 16.2. The number of piperidine rings is 1. The molecular formula is C23H24N2O4. The van der Waals surface area contributed by atoms with E-state index in [4.69, 9.17) is 9.47 Å². The van der Waals surface area contributed by atoms with E-state index in [1.165, 1.54) is 0 Å². The van der Waals surface area contributed by atoms with Crippen LogP contribution in [-0.2, 0) is 16.1 Å². The zero-order valence-corrected chi connectivity index (χ0v) is 16.2. The standard InChI is InChI=1S/C23H24N2O4/c26-21(16-28-22-14-24-19-11-5-4-10-18(19)22)20-12-6-7-13-25(20)23(27)29-15-17-8-2-1-3-9-17/h1-5,8-11,14,20,24H,6-7,12-13,15-16H2/t20-/m1/s1. The van der Waals surface area contributed by atoms with Crippen LogP contribution in [0.3, 0.4) is 0 Å². The third-order valence-corrected chi connectivity index (χ3v) is 5.24. The molecule has 1 N–H and O–H groups in total. The van der Waals surface area contributed by atoms with Gasteiger partial charge in [0.1, 0.15) is 19.0 Å². The second-order valence-electron chi connectivity index (χ2n) is 7.20. The van der Waals surface area contributed by atoms with Gasteiger partial charge in [-0.25, -0.2) is 4.79 Å². The van der Waals surface area contributed by atoms with Crippen LogP contribution < -0.4 is 4.74 Å². The second kappa shape index (κ2) is 8.82. The molecule has 3 aromatic rings. The minimum absolute atomic E-state index is 0.0744. The van der Waals surface area contributed by atoms with Gasteiger partial charge in [0.2, 0.25) is 0 Å². The summed E-state index contributed by atoms with van der Waals surface area (Å²) in [7, 11) is 0. The summed E-state index contributed by atoms with van der Waals surface area (Å²) in [6.45, 7) is 0.648. The largest absolute Gasteiger partial charge is 0.484 e. The molecule has 6 heteroatoms. The molecule has 150 valence electrons. The molecule has 0 spiro atoms. The van der Waals surface area contributed by atoms with E-state index in [0.717, 1.165) is 29.3 Å². The van der Waals surface area contributed by atoms with Gasteiger partial charge in [0.05, 0.1) is 6.04 Å². The maximum atomic E-state index is 12.8. The number of nitrogens with one attached hydrogen (secondary N) is 1. The number of ether oxygens (including phenoxy) is 2. The Hall–Kier alpha value is -3.28. The molecule has 0 bridgehead atoms. The Morgan fingerprint density at radius 3 is 2.69 bits per heavy atom. The van der Waals surface area contributed by atoms with Crippen molar-refractivity contribution in [2.75, 3.05) is 13.2 Å². The van der Waals surface area contributed by atoms with Crippen LogP contribution in [-0.4, -0.2) is 41.0 Å². The SMILES string of the molecule is O=C(COc1c[nH]c2ccccc12)[C@H]1CCCCN1C(=O)OCc1ccccc1. The van der Waals surface area contributed by atoms with Crippen molar-refractivity contribution in [1.29, 1.82) is 0 Å².